The molecule has 8 heteroatoms. The molecule has 0 fully saturated rings. The molecule has 2 aromatic carbocycles. The number of sulfone groups is 1. The van der Waals surface area contributed by atoms with Gasteiger partial charge < -0.3 is 10.1 Å². The number of carbonyl (C=O) groups is 1. The van der Waals surface area contributed by atoms with Crippen LogP contribution in [-0.4, -0.2) is 33.2 Å². The van der Waals surface area contributed by atoms with Crippen molar-refractivity contribution in [2.45, 2.75) is 17.7 Å². The smallest absolute Gasteiger partial charge is 0.221 e. The van der Waals surface area contributed by atoms with Crippen LogP contribution in [0.15, 0.2) is 53.4 Å². The van der Waals surface area contributed by atoms with Crippen LogP contribution in [0.5, 0.6) is 5.75 Å². The van der Waals surface area contributed by atoms with E-state index in [2.05, 4.69) is 5.32 Å². The Morgan fingerprint density at radius 1 is 1.12 bits per heavy atom. The van der Waals surface area contributed by atoms with Gasteiger partial charge in [-0.3, -0.25) is 4.79 Å². The van der Waals surface area contributed by atoms with Gasteiger partial charge in [0.15, 0.2) is 9.84 Å². The first kappa shape index (κ1) is 20.2. The Bertz CT molecular complexity index is 841. The highest BCUT2D eigenvalue weighted by atomic mass is 35.5. The number of hydrogen-bond donors (Lipinski definition) is 1. The molecule has 0 heterocycles. The summed E-state index contributed by atoms with van der Waals surface area (Å²) in [5.74, 6) is -0.461. The SMILES string of the molecule is O=C(CCS(=O)(=O)c1ccccc1Cl)NCCCOc1ccc(F)cc1. The monoisotopic (exact) mass is 399 g/mol. The molecule has 0 aliphatic rings. The Kier molecular flexibility index (Phi) is 7.41. The zero-order valence-corrected chi connectivity index (χ0v) is 15.5. The van der Waals surface area contributed by atoms with Crippen molar-refractivity contribution in [2.75, 3.05) is 18.9 Å². The normalized spacial score (nSPS) is 11.2. The average molecular weight is 400 g/mol. The van der Waals surface area contributed by atoms with E-state index in [1.807, 2.05) is 0 Å². The maximum Gasteiger partial charge on any atom is 0.221 e. The number of nitrogens with one attached hydrogen (secondary N) is 1. The summed E-state index contributed by atoms with van der Waals surface area (Å²) >= 11 is 5.89. The number of ether oxygens (including phenoxy) is 1. The van der Waals surface area contributed by atoms with Crippen molar-refractivity contribution in [1.29, 1.82) is 0 Å². The van der Waals surface area contributed by atoms with Gasteiger partial charge in [-0.05, 0) is 42.8 Å². The topological polar surface area (TPSA) is 72.5 Å². The highest BCUT2D eigenvalue weighted by Crippen LogP contribution is 2.22. The van der Waals surface area contributed by atoms with Gasteiger partial charge in [0.05, 0.1) is 22.3 Å². The molecule has 5 nitrogen and oxygen atoms in total. The molecule has 0 saturated carbocycles. The second kappa shape index (κ2) is 9.54. The fourth-order valence-corrected chi connectivity index (χ4v) is 3.96. The van der Waals surface area contributed by atoms with Gasteiger partial charge in [0.2, 0.25) is 5.91 Å². The summed E-state index contributed by atoms with van der Waals surface area (Å²) in [6.07, 6.45) is 0.396. The van der Waals surface area contributed by atoms with E-state index in [4.69, 9.17) is 16.3 Å². The average Bonchev–Trinajstić information content (AvgIpc) is 2.61. The third-order valence-corrected chi connectivity index (χ3v) is 5.70. The van der Waals surface area contributed by atoms with Gasteiger partial charge >= 0.3 is 0 Å². The van der Waals surface area contributed by atoms with Crippen molar-refractivity contribution >= 4 is 27.3 Å². The predicted molar refractivity (Wildman–Crippen MR) is 97.6 cm³/mol. The molecule has 0 unspecified atom stereocenters. The zero-order valence-electron chi connectivity index (χ0n) is 14.0. The van der Waals surface area contributed by atoms with Crippen LogP contribution >= 0.6 is 11.6 Å². The lowest BCUT2D eigenvalue weighted by molar-refractivity contribution is -0.120. The fourth-order valence-electron chi connectivity index (χ4n) is 2.14. The lowest BCUT2D eigenvalue weighted by Gasteiger charge is -2.08. The van der Waals surface area contributed by atoms with Gasteiger partial charge in [-0.2, -0.15) is 0 Å². The molecule has 0 aromatic heterocycles. The third kappa shape index (κ3) is 6.31. The van der Waals surface area contributed by atoms with Gasteiger partial charge in [0, 0.05) is 13.0 Å². The number of rotatable bonds is 9. The summed E-state index contributed by atoms with van der Waals surface area (Å²) in [5.41, 5.74) is 0. The summed E-state index contributed by atoms with van der Waals surface area (Å²) in [6.45, 7) is 0.704. The molecule has 0 atom stereocenters. The predicted octanol–water partition coefficient (Wildman–Crippen LogP) is 3.23. The molecule has 0 aliphatic carbocycles. The molecule has 2 rings (SSSR count). The minimum atomic E-state index is -3.61. The van der Waals surface area contributed by atoms with E-state index < -0.39 is 9.84 Å². The number of amides is 1. The number of hydrogen-bond acceptors (Lipinski definition) is 4. The molecule has 1 N–H and O–H groups in total. The molecular formula is C18H19ClFNO4S. The summed E-state index contributed by atoms with van der Waals surface area (Å²) in [7, 11) is -3.61. The Labute approximate surface area is 157 Å². The van der Waals surface area contributed by atoms with Crippen molar-refractivity contribution in [1.82, 2.24) is 5.32 Å². The second-order valence-corrected chi connectivity index (χ2v) is 7.99. The van der Waals surface area contributed by atoms with Gasteiger partial charge in [0.25, 0.3) is 0 Å². The number of benzene rings is 2. The van der Waals surface area contributed by atoms with E-state index >= 15 is 0 Å². The van der Waals surface area contributed by atoms with Crippen molar-refractivity contribution < 1.29 is 22.3 Å². The van der Waals surface area contributed by atoms with Gasteiger partial charge in [-0.1, -0.05) is 23.7 Å². The quantitative estimate of drug-likeness (QED) is 0.657. The maximum absolute atomic E-state index is 12.8. The van der Waals surface area contributed by atoms with Gasteiger partial charge in [-0.25, -0.2) is 12.8 Å². The summed E-state index contributed by atoms with van der Waals surface area (Å²) in [6, 6.07) is 11.8. The van der Waals surface area contributed by atoms with Crippen LogP contribution in [0.25, 0.3) is 0 Å². The third-order valence-electron chi connectivity index (χ3n) is 3.50. The van der Waals surface area contributed by atoms with Crippen LogP contribution in [0, 0.1) is 5.82 Å². The molecule has 0 saturated heterocycles. The Morgan fingerprint density at radius 2 is 1.81 bits per heavy atom. The molecule has 0 aliphatic heterocycles. The Hall–Kier alpha value is -2.12. The van der Waals surface area contributed by atoms with E-state index in [9.17, 15) is 17.6 Å². The lowest BCUT2D eigenvalue weighted by Crippen LogP contribution is -2.27. The molecule has 0 bridgehead atoms. The summed E-state index contributed by atoms with van der Waals surface area (Å²) < 4.78 is 42.6. The first-order valence-electron chi connectivity index (χ1n) is 8.01. The number of halogens is 2. The zero-order chi connectivity index (χ0) is 19.0. The van der Waals surface area contributed by atoms with Crippen LogP contribution in [0.1, 0.15) is 12.8 Å². The highest BCUT2D eigenvalue weighted by Gasteiger charge is 2.18. The second-order valence-electron chi connectivity index (χ2n) is 5.51. The van der Waals surface area contributed by atoms with Crippen LogP contribution in [0.4, 0.5) is 4.39 Å². The van der Waals surface area contributed by atoms with Gasteiger partial charge in [0.1, 0.15) is 11.6 Å². The first-order chi connectivity index (χ1) is 12.4. The fraction of sp³-hybridized carbons (Fsp3) is 0.278. The van der Waals surface area contributed by atoms with Crippen molar-refractivity contribution in [3.8, 4) is 5.75 Å². The standard InChI is InChI=1S/C18H19ClFNO4S/c19-16-4-1-2-5-17(16)26(23,24)13-10-18(22)21-11-3-12-25-15-8-6-14(20)7-9-15/h1-2,4-9H,3,10-13H2,(H,21,22). The molecule has 26 heavy (non-hydrogen) atoms. The van der Waals surface area contributed by atoms with Gasteiger partial charge in [-0.15, -0.1) is 0 Å². The van der Waals surface area contributed by atoms with Crippen LogP contribution in [-0.2, 0) is 14.6 Å². The van der Waals surface area contributed by atoms with Crippen molar-refractivity contribution in [3.63, 3.8) is 0 Å². The van der Waals surface area contributed by atoms with Crippen LogP contribution < -0.4 is 10.1 Å². The summed E-state index contributed by atoms with van der Waals surface area (Å²) in [5, 5.41) is 2.78. The minimum absolute atomic E-state index is 0.0298. The number of carbonyl (C=O) groups excluding carboxylic acids is 1. The van der Waals surface area contributed by atoms with Crippen molar-refractivity contribution in [2.24, 2.45) is 0 Å². The molecule has 2 aromatic rings. The van der Waals surface area contributed by atoms with E-state index in [-0.39, 0.29) is 33.8 Å². The Morgan fingerprint density at radius 3 is 2.50 bits per heavy atom. The minimum Gasteiger partial charge on any atom is -0.494 e. The molecule has 0 radical (unpaired) electrons. The van der Waals surface area contributed by atoms with Crippen LogP contribution in [0.3, 0.4) is 0 Å². The summed E-state index contributed by atoms with van der Waals surface area (Å²) in [4.78, 5) is 11.8. The first-order valence-corrected chi connectivity index (χ1v) is 10.0. The molecule has 1 amide bonds. The largest absolute Gasteiger partial charge is 0.494 e. The Balaban J connectivity index is 1.67. The van der Waals surface area contributed by atoms with E-state index in [0.29, 0.717) is 25.3 Å². The van der Waals surface area contributed by atoms with E-state index in [1.54, 1.807) is 12.1 Å². The lowest BCUT2D eigenvalue weighted by atomic mass is 10.3. The molecule has 0 spiro atoms. The molecule has 140 valence electrons. The van der Waals surface area contributed by atoms with Crippen LogP contribution in [0.2, 0.25) is 5.02 Å². The maximum atomic E-state index is 12.8. The van der Waals surface area contributed by atoms with E-state index in [0.717, 1.165) is 0 Å². The van der Waals surface area contributed by atoms with E-state index in [1.165, 1.54) is 36.4 Å². The molecular weight excluding hydrogens is 381 g/mol. The highest BCUT2D eigenvalue weighted by molar-refractivity contribution is 7.91. The van der Waals surface area contributed by atoms with Crippen molar-refractivity contribution in [3.05, 3.63) is 59.4 Å².